The van der Waals surface area contributed by atoms with Gasteiger partial charge in [-0.15, -0.1) is 0 Å². The van der Waals surface area contributed by atoms with Crippen LogP contribution in [0.2, 0.25) is 5.02 Å². The molecule has 0 radical (unpaired) electrons. The van der Waals surface area contributed by atoms with Crippen LogP contribution < -0.4 is 4.72 Å². The normalized spacial score (nSPS) is 26.0. The Labute approximate surface area is 128 Å². The van der Waals surface area contributed by atoms with Crippen LogP contribution in [0.15, 0.2) is 23.1 Å². The smallest absolute Gasteiger partial charge is 0.313 e. The fourth-order valence-corrected chi connectivity index (χ4v) is 4.00. The maximum absolute atomic E-state index is 12.5. The molecule has 1 aromatic carbocycles. The summed E-state index contributed by atoms with van der Waals surface area (Å²) >= 11 is 5.83. The minimum Gasteiger partial charge on any atom is -0.481 e. The van der Waals surface area contributed by atoms with E-state index in [0.717, 1.165) is 0 Å². The summed E-state index contributed by atoms with van der Waals surface area (Å²) in [6.45, 7) is 3.08. The van der Waals surface area contributed by atoms with Crippen molar-refractivity contribution < 1.29 is 23.1 Å². The predicted octanol–water partition coefficient (Wildman–Crippen LogP) is 1.42. The Balaban J connectivity index is 2.34. The third-order valence-corrected chi connectivity index (χ3v) is 5.53. The average molecular weight is 334 g/mol. The molecule has 0 bridgehead atoms. The zero-order valence-electron chi connectivity index (χ0n) is 11.6. The van der Waals surface area contributed by atoms with E-state index in [2.05, 4.69) is 4.72 Å². The number of carboxylic acid groups (broad SMARTS) is 1. The van der Waals surface area contributed by atoms with E-state index in [1.165, 1.54) is 13.0 Å². The largest absolute Gasteiger partial charge is 0.481 e. The number of rotatable bonds is 4. The van der Waals surface area contributed by atoms with Gasteiger partial charge in [-0.05, 0) is 31.5 Å². The zero-order chi connectivity index (χ0) is 15.8. The van der Waals surface area contributed by atoms with Crippen LogP contribution in [0.1, 0.15) is 12.5 Å². The van der Waals surface area contributed by atoms with E-state index in [-0.39, 0.29) is 18.1 Å². The van der Waals surface area contributed by atoms with Gasteiger partial charge in [0.2, 0.25) is 10.0 Å². The molecule has 2 atom stereocenters. The summed E-state index contributed by atoms with van der Waals surface area (Å²) in [7, 11) is -3.88. The summed E-state index contributed by atoms with van der Waals surface area (Å²) < 4.78 is 32.5. The Hall–Kier alpha value is -1.15. The molecule has 0 aromatic heterocycles. The number of halogens is 1. The number of ether oxygens (including phenoxy) is 1. The summed E-state index contributed by atoms with van der Waals surface area (Å²) in [6, 6.07) is 3.69. The molecule has 6 nitrogen and oxygen atoms in total. The van der Waals surface area contributed by atoms with Crippen molar-refractivity contribution in [2.24, 2.45) is 5.41 Å². The number of aliphatic carboxylic acids is 1. The molecule has 1 fully saturated rings. The Bertz CT molecular complexity index is 675. The fourth-order valence-electron chi connectivity index (χ4n) is 2.16. The second-order valence-corrected chi connectivity index (χ2v) is 7.44. The summed E-state index contributed by atoms with van der Waals surface area (Å²) in [5.74, 6) is -1.10. The molecule has 0 spiro atoms. The van der Waals surface area contributed by atoms with Crippen molar-refractivity contribution in [1.29, 1.82) is 0 Å². The van der Waals surface area contributed by atoms with E-state index in [0.29, 0.717) is 10.6 Å². The second-order valence-electron chi connectivity index (χ2n) is 5.32. The second kappa shape index (κ2) is 5.57. The van der Waals surface area contributed by atoms with E-state index >= 15 is 0 Å². The molecule has 1 aromatic rings. The molecule has 2 unspecified atom stereocenters. The minimum atomic E-state index is -3.88. The van der Waals surface area contributed by atoms with Gasteiger partial charge in [-0.1, -0.05) is 17.7 Å². The molecule has 1 aliphatic rings. The Kier molecular flexibility index (Phi) is 4.30. The van der Waals surface area contributed by atoms with E-state index in [9.17, 15) is 18.3 Å². The van der Waals surface area contributed by atoms with Crippen LogP contribution in [-0.4, -0.2) is 38.7 Å². The van der Waals surface area contributed by atoms with E-state index in [1.54, 1.807) is 19.1 Å². The van der Waals surface area contributed by atoms with Gasteiger partial charge in [0.15, 0.2) is 0 Å². The van der Waals surface area contributed by atoms with Crippen LogP contribution in [0, 0.1) is 12.3 Å². The first-order chi connectivity index (χ1) is 9.67. The predicted molar refractivity (Wildman–Crippen MR) is 76.9 cm³/mol. The van der Waals surface area contributed by atoms with Crippen molar-refractivity contribution in [1.82, 2.24) is 4.72 Å². The van der Waals surface area contributed by atoms with Crippen LogP contribution in [0.3, 0.4) is 0 Å². The maximum atomic E-state index is 12.5. The topological polar surface area (TPSA) is 92.7 Å². The number of sulfonamides is 1. The number of hydrogen-bond donors (Lipinski definition) is 2. The average Bonchev–Trinajstić information content (AvgIpc) is 2.74. The SMILES string of the molecule is Cc1ccc(Cl)cc1S(=O)(=O)NC1COCC1(C)C(=O)O. The number of carbonyl (C=O) groups is 1. The van der Waals surface area contributed by atoms with Gasteiger partial charge in [0.1, 0.15) is 5.41 Å². The van der Waals surface area contributed by atoms with Crippen molar-refractivity contribution >= 4 is 27.6 Å². The molecule has 1 heterocycles. The molecule has 2 N–H and O–H groups in total. The lowest BCUT2D eigenvalue weighted by molar-refractivity contribution is -0.148. The fraction of sp³-hybridized carbons (Fsp3) is 0.462. The molecule has 2 rings (SSSR count). The van der Waals surface area contributed by atoms with Gasteiger partial charge in [0.05, 0.1) is 24.2 Å². The first kappa shape index (κ1) is 16.2. The number of carboxylic acids is 1. The Morgan fingerprint density at radius 1 is 1.52 bits per heavy atom. The quantitative estimate of drug-likeness (QED) is 0.869. The molecule has 21 heavy (non-hydrogen) atoms. The number of benzene rings is 1. The number of nitrogens with one attached hydrogen (secondary N) is 1. The lowest BCUT2D eigenvalue weighted by atomic mass is 9.86. The summed E-state index contributed by atoms with van der Waals surface area (Å²) in [5, 5.41) is 9.57. The van der Waals surface area contributed by atoms with Crippen molar-refractivity contribution in [3.8, 4) is 0 Å². The van der Waals surface area contributed by atoms with Gasteiger partial charge in [0, 0.05) is 5.02 Å². The number of aryl methyl sites for hydroxylation is 1. The van der Waals surface area contributed by atoms with Gasteiger partial charge < -0.3 is 9.84 Å². The Morgan fingerprint density at radius 3 is 2.81 bits per heavy atom. The highest BCUT2D eigenvalue weighted by atomic mass is 35.5. The zero-order valence-corrected chi connectivity index (χ0v) is 13.2. The van der Waals surface area contributed by atoms with Crippen molar-refractivity contribution in [2.75, 3.05) is 13.2 Å². The molecule has 116 valence electrons. The first-order valence-corrected chi connectivity index (χ1v) is 8.12. The Morgan fingerprint density at radius 2 is 2.19 bits per heavy atom. The van der Waals surface area contributed by atoms with Gasteiger partial charge in [0.25, 0.3) is 0 Å². The lowest BCUT2D eigenvalue weighted by Gasteiger charge is -2.25. The van der Waals surface area contributed by atoms with Crippen LogP contribution in [0.25, 0.3) is 0 Å². The maximum Gasteiger partial charge on any atom is 0.313 e. The highest BCUT2D eigenvalue weighted by molar-refractivity contribution is 7.89. The molecule has 0 aliphatic carbocycles. The van der Waals surface area contributed by atoms with Crippen LogP contribution in [-0.2, 0) is 19.6 Å². The minimum absolute atomic E-state index is 0.0155. The molecular weight excluding hydrogens is 318 g/mol. The lowest BCUT2D eigenvalue weighted by Crippen LogP contribution is -2.49. The third-order valence-electron chi connectivity index (χ3n) is 3.68. The van der Waals surface area contributed by atoms with E-state index < -0.39 is 27.4 Å². The summed E-state index contributed by atoms with van der Waals surface area (Å²) in [4.78, 5) is 11.4. The monoisotopic (exact) mass is 333 g/mol. The van der Waals surface area contributed by atoms with Gasteiger partial charge in [-0.25, -0.2) is 13.1 Å². The van der Waals surface area contributed by atoms with Crippen LogP contribution in [0.4, 0.5) is 0 Å². The third kappa shape index (κ3) is 3.06. The summed E-state index contributed by atoms with van der Waals surface area (Å²) in [5.41, 5.74) is -0.762. The highest BCUT2D eigenvalue weighted by Gasteiger charge is 2.48. The highest BCUT2D eigenvalue weighted by Crippen LogP contribution is 2.30. The first-order valence-electron chi connectivity index (χ1n) is 6.26. The summed E-state index contributed by atoms with van der Waals surface area (Å²) in [6.07, 6.45) is 0. The number of hydrogen-bond acceptors (Lipinski definition) is 4. The van der Waals surface area contributed by atoms with Crippen LogP contribution >= 0.6 is 11.6 Å². The van der Waals surface area contributed by atoms with Crippen molar-refractivity contribution in [3.63, 3.8) is 0 Å². The van der Waals surface area contributed by atoms with Crippen molar-refractivity contribution in [2.45, 2.75) is 24.8 Å². The molecule has 0 saturated carbocycles. The molecule has 0 amide bonds. The van der Waals surface area contributed by atoms with Gasteiger partial charge in [-0.2, -0.15) is 0 Å². The standard InChI is InChI=1S/C13H16ClNO5S/c1-8-3-4-9(14)5-10(8)21(18,19)15-11-6-20-7-13(11,2)12(16)17/h3-5,11,15H,6-7H2,1-2H3,(H,16,17). The van der Waals surface area contributed by atoms with E-state index in [4.69, 9.17) is 16.3 Å². The molecule has 8 heteroatoms. The van der Waals surface area contributed by atoms with Gasteiger partial charge in [-0.3, -0.25) is 4.79 Å². The van der Waals surface area contributed by atoms with Crippen LogP contribution in [0.5, 0.6) is 0 Å². The molecule has 1 aliphatic heterocycles. The molecular formula is C13H16ClNO5S. The molecule has 1 saturated heterocycles. The van der Waals surface area contributed by atoms with Crippen molar-refractivity contribution in [3.05, 3.63) is 28.8 Å². The van der Waals surface area contributed by atoms with Gasteiger partial charge >= 0.3 is 5.97 Å². The van der Waals surface area contributed by atoms with E-state index in [1.807, 2.05) is 0 Å².